The Bertz CT molecular complexity index is 1240. The molecule has 0 saturated heterocycles. The number of hydrogen-bond donors (Lipinski definition) is 3. The normalized spacial score (nSPS) is 30.5. The molecule has 0 radical (unpaired) electrons. The van der Waals surface area contributed by atoms with E-state index in [1.807, 2.05) is 12.3 Å². The first kappa shape index (κ1) is 15.0. The van der Waals surface area contributed by atoms with E-state index in [2.05, 4.69) is 44.9 Å². The van der Waals surface area contributed by atoms with Crippen molar-refractivity contribution < 1.29 is 4.52 Å². The fourth-order valence-electron chi connectivity index (χ4n) is 6.51. The van der Waals surface area contributed by atoms with Crippen LogP contribution < -0.4 is 11.1 Å². The van der Waals surface area contributed by atoms with E-state index in [-0.39, 0.29) is 6.04 Å². The maximum atomic E-state index is 6.03. The molecule has 6 heteroatoms. The molecule has 2 bridgehead atoms. The number of H-pyrrole nitrogens is 1. The van der Waals surface area contributed by atoms with Crippen LogP contribution in [0.15, 0.2) is 41.1 Å². The van der Waals surface area contributed by atoms with Crippen molar-refractivity contribution in [1.29, 1.82) is 0 Å². The number of benzene rings is 2. The molecule has 28 heavy (non-hydrogen) atoms. The molecule has 0 spiro atoms. The van der Waals surface area contributed by atoms with Crippen LogP contribution in [-0.2, 0) is 0 Å². The summed E-state index contributed by atoms with van der Waals surface area (Å²) in [6.45, 7) is 0. The van der Waals surface area contributed by atoms with Gasteiger partial charge < -0.3 is 15.6 Å². The van der Waals surface area contributed by atoms with Gasteiger partial charge >= 0.3 is 0 Å². The van der Waals surface area contributed by atoms with Gasteiger partial charge in [0.2, 0.25) is 0 Å². The Balaban J connectivity index is 1.44. The summed E-state index contributed by atoms with van der Waals surface area (Å²) in [5.41, 5.74) is 11.9. The summed E-state index contributed by atoms with van der Waals surface area (Å²) < 4.78 is 5.32. The fourth-order valence-corrected chi connectivity index (χ4v) is 6.51. The fraction of sp³-hybridized carbons (Fsp3) is 0.364. The molecular weight excluding hydrogens is 350 g/mol. The van der Waals surface area contributed by atoms with Gasteiger partial charge in [0.25, 0.3) is 0 Å². The van der Waals surface area contributed by atoms with Gasteiger partial charge in [-0.15, -0.1) is 0 Å². The van der Waals surface area contributed by atoms with Crippen LogP contribution in [0.5, 0.6) is 0 Å². The Morgan fingerprint density at radius 2 is 2.00 bits per heavy atom. The maximum Gasteiger partial charge on any atom is 0.174 e. The number of fused-ring (bicyclic) bond motifs is 10. The highest BCUT2D eigenvalue weighted by Crippen LogP contribution is 2.64. The van der Waals surface area contributed by atoms with Crippen LogP contribution in [-0.4, -0.2) is 15.4 Å². The Kier molecular flexibility index (Phi) is 2.71. The number of aromatic amines is 1. The van der Waals surface area contributed by atoms with Crippen LogP contribution >= 0.6 is 0 Å². The van der Waals surface area contributed by atoms with Crippen LogP contribution in [0, 0.1) is 17.8 Å². The van der Waals surface area contributed by atoms with E-state index in [9.17, 15) is 0 Å². The zero-order chi connectivity index (χ0) is 18.4. The minimum atomic E-state index is 0.288. The minimum absolute atomic E-state index is 0.288. The van der Waals surface area contributed by atoms with Gasteiger partial charge in [-0.3, -0.25) is 5.10 Å². The highest BCUT2D eigenvalue weighted by atomic mass is 16.5. The van der Waals surface area contributed by atoms with Crippen molar-refractivity contribution in [2.45, 2.75) is 31.2 Å². The molecule has 2 aromatic carbocycles. The van der Waals surface area contributed by atoms with Crippen molar-refractivity contribution in [2.24, 2.45) is 17.8 Å². The lowest BCUT2D eigenvalue weighted by atomic mass is 9.67. The maximum absolute atomic E-state index is 6.03. The molecule has 7 rings (SSSR count). The molecule has 0 amide bonds. The molecule has 3 heterocycles. The van der Waals surface area contributed by atoms with Gasteiger partial charge in [-0.05, 0) is 78.3 Å². The summed E-state index contributed by atoms with van der Waals surface area (Å²) in [5.74, 6) is 3.22. The average molecular weight is 371 g/mol. The average Bonchev–Trinajstić information content (AvgIpc) is 3.51. The molecule has 2 fully saturated rings. The van der Waals surface area contributed by atoms with Crippen molar-refractivity contribution in [3.05, 3.63) is 47.7 Å². The Morgan fingerprint density at radius 1 is 1.07 bits per heavy atom. The summed E-state index contributed by atoms with van der Waals surface area (Å²) in [7, 11) is 0. The Labute approximate surface area is 161 Å². The number of rotatable bonds is 1. The lowest BCUT2D eigenvalue weighted by molar-refractivity contribution is 0.249. The standard InChI is InChI=1S/C22H21N5O/c23-22-13-8-12(3-6-17(13)28-27-22)21-19-11-2-1-10(7-11)18(19)20-14-9-24-26-15(14)4-5-16(20)25-21/h3-6,8-11,18-19,21,25H,1-2,7H2,(H2,23,27)(H,24,26)/t10?,11?,18-,19+,21-/m0/s1. The molecule has 2 aromatic heterocycles. The van der Waals surface area contributed by atoms with Gasteiger partial charge in [0.05, 0.1) is 23.1 Å². The summed E-state index contributed by atoms with van der Waals surface area (Å²) >= 11 is 0. The molecular formula is C22H21N5O. The third kappa shape index (κ3) is 1.78. The predicted octanol–water partition coefficient (Wildman–Crippen LogP) is 4.58. The van der Waals surface area contributed by atoms with Gasteiger partial charge in [-0.25, -0.2) is 0 Å². The summed E-state index contributed by atoms with van der Waals surface area (Å²) in [5, 5.41) is 17.5. The largest absolute Gasteiger partial charge is 0.380 e. The minimum Gasteiger partial charge on any atom is -0.380 e. The number of anilines is 2. The number of nitrogen functional groups attached to an aromatic ring is 1. The van der Waals surface area contributed by atoms with Crippen LogP contribution in [0.3, 0.4) is 0 Å². The molecule has 2 unspecified atom stereocenters. The Morgan fingerprint density at radius 3 is 2.96 bits per heavy atom. The molecule has 2 aliphatic carbocycles. The van der Waals surface area contributed by atoms with Crippen LogP contribution in [0.1, 0.15) is 42.3 Å². The van der Waals surface area contributed by atoms with Gasteiger partial charge in [-0.1, -0.05) is 11.2 Å². The highest BCUT2D eigenvalue weighted by molar-refractivity contribution is 5.90. The lowest BCUT2D eigenvalue weighted by Gasteiger charge is -2.43. The van der Waals surface area contributed by atoms with Crippen molar-refractivity contribution in [3.8, 4) is 0 Å². The van der Waals surface area contributed by atoms with Crippen molar-refractivity contribution >= 4 is 33.4 Å². The first-order valence-corrected chi connectivity index (χ1v) is 10.2. The molecule has 6 nitrogen and oxygen atoms in total. The molecule has 4 N–H and O–H groups in total. The summed E-state index contributed by atoms with van der Waals surface area (Å²) in [6, 6.07) is 11.0. The summed E-state index contributed by atoms with van der Waals surface area (Å²) in [6.07, 6.45) is 6.05. The number of nitrogens with two attached hydrogens (primary N) is 1. The first-order valence-electron chi connectivity index (χ1n) is 10.2. The molecule has 1 aliphatic heterocycles. The predicted molar refractivity (Wildman–Crippen MR) is 108 cm³/mol. The third-order valence-electron chi connectivity index (χ3n) is 7.56. The van der Waals surface area contributed by atoms with E-state index >= 15 is 0 Å². The van der Waals surface area contributed by atoms with Gasteiger partial charge in [0.15, 0.2) is 11.4 Å². The van der Waals surface area contributed by atoms with Crippen LogP contribution in [0.2, 0.25) is 0 Å². The van der Waals surface area contributed by atoms with Gasteiger partial charge in [-0.2, -0.15) is 5.10 Å². The van der Waals surface area contributed by atoms with E-state index in [0.29, 0.717) is 17.7 Å². The number of aromatic nitrogens is 3. The summed E-state index contributed by atoms with van der Waals surface area (Å²) in [4.78, 5) is 0. The number of nitrogens with one attached hydrogen (secondary N) is 2. The van der Waals surface area contributed by atoms with E-state index < -0.39 is 0 Å². The molecule has 2 saturated carbocycles. The monoisotopic (exact) mass is 371 g/mol. The van der Waals surface area contributed by atoms with Crippen molar-refractivity contribution in [1.82, 2.24) is 15.4 Å². The SMILES string of the molecule is Nc1noc2ccc([C@@H]3Nc4ccc5[nH]ncc5c4[C@H]4C5CCC(C5)[C@@H]34)cc12. The van der Waals surface area contributed by atoms with E-state index in [4.69, 9.17) is 10.3 Å². The lowest BCUT2D eigenvalue weighted by Crippen LogP contribution is -2.35. The van der Waals surface area contributed by atoms with Crippen molar-refractivity contribution in [2.75, 3.05) is 11.1 Å². The third-order valence-corrected chi connectivity index (χ3v) is 7.56. The molecule has 3 aliphatic rings. The quantitative estimate of drug-likeness (QED) is 0.455. The first-order chi connectivity index (χ1) is 13.8. The second kappa shape index (κ2) is 5.07. The number of hydrogen-bond acceptors (Lipinski definition) is 5. The second-order valence-corrected chi connectivity index (χ2v) is 8.74. The zero-order valence-corrected chi connectivity index (χ0v) is 15.4. The van der Waals surface area contributed by atoms with E-state index in [0.717, 1.165) is 28.3 Å². The smallest absolute Gasteiger partial charge is 0.174 e. The van der Waals surface area contributed by atoms with Gasteiger partial charge in [0.1, 0.15) is 0 Å². The van der Waals surface area contributed by atoms with Gasteiger partial charge in [0, 0.05) is 11.1 Å². The van der Waals surface area contributed by atoms with Crippen molar-refractivity contribution in [3.63, 3.8) is 0 Å². The van der Waals surface area contributed by atoms with Crippen LogP contribution in [0.25, 0.3) is 21.9 Å². The van der Waals surface area contributed by atoms with E-state index in [1.54, 1.807) is 0 Å². The van der Waals surface area contributed by atoms with Crippen LogP contribution in [0.4, 0.5) is 11.5 Å². The molecule has 5 atom stereocenters. The zero-order valence-electron chi connectivity index (χ0n) is 15.4. The highest BCUT2D eigenvalue weighted by Gasteiger charge is 2.54. The van der Waals surface area contributed by atoms with E-state index in [1.165, 1.54) is 41.5 Å². The molecule has 140 valence electrons. The number of nitrogens with zero attached hydrogens (tertiary/aromatic N) is 2. The second-order valence-electron chi connectivity index (χ2n) is 8.74. The Hall–Kier alpha value is -3.02. The topological polar surface area (TPSA) is 92.8 Å². The molecule has 4 aromatic rings.